The summed E-state index contributed by atoms with van der Waals surface area (Å²) in [6.45, 7) is 13.6. The van der Waals surface area contributed by atoms with Gasteiger partial charge in [0.2, 0.25) is 0 Å². The maximum absolute atomic E-state index is 6.34. The molecule has 0 aromatic heterocycles. The van der Waals surface area contributed by atoms with Crippen LogP contribution in [0.4, 0.5) is 0 Å². The summed E-state index contributed by atoms with van der Waals surface area (Å²) in [5, 5.41) is 0. The third-order valence-corrected chi connectivity index (χ3v) is 20.5. The van der Waals surface area contributed by atoms with Gasteiger partial charge in [0.1, 0.15) is 0 Å². The van der Waals surface area contributed by atoms with Crippen LogP contribution < -0.4 is 0 Å². The summed E-state index contributed by atoms with van der Waals surface area (Å²) >= 11 is 0. The zero-order valence-electron chi connectivity index (χ0n) is 10.1. The number of rotatable bonds is 3. The Bertz CT molecular complexity index is 211. The Kier molecular flexibility index (Phi) is 3.77. The average molecular weight is 228 g/mol. The van der Waals surface area contributed by atoms with E-state index in [0.29, 0.717) is 6.10 Å². The Labute approximate surface area is 90.5 Å². The van der Waals surface area contributed by atoms with E-state index in [1.807, 2.05) is 6.08 Å². The van der Waals surface area contributed by atoms with Crippen LogP contribution in [-0.2, 0) is 4.43 Å². The molecule has 1 aliphatic rings. The van der Waals surface area contributed by atoms with Gasteiger partial charge < -0.3 is 4.43 Å². The Morgan fingerprint density at radius 2 is 2.00 bits per heavy atom. The third-order valence-electron chi connectivity index (χ3n) is 3.88. The van der Waals surface area contributed by atoms with Gasteiger partial charge in [-0.1, -0.05) is 25.2 Å². The van der Waals surface area contributed by atoms with Gasteiger partial charge in [0.25, 0.3) is 0 Å². The lowest BCUT2D eigenvalue weighted by atomic mass is 10.1. The largest absolute Gasteiger partial charge is 0.417 e. The van der Waals surface area contributed by atoms with Crippen molar-refractivity contribution in [3.63, 3.8) is 0 Å². The lowest BCUT2D eigenvalue weighted by molar-refractivity contribution is 0.177. The van der Waals surface area contributed by atoms with Crippen LogP contribution in [0, 0.1) is 0 Å². The monoisotopic (exact) mass is 228 g/mol. The smallest absolute Gasteiger partial charge is 0.174 e. The first-order chi connectivity index (χ1) is 6.39. The second-order valence-corrected chi connectivity index (χ2v) is 20.7. The first-order valence-electron chi connectivity index (χ1n) is 5.68. The van der Waals surface area contributed by atoms with E-state index in [4.69, 9.17) is 4.43 Å². The second-order valence-electron chi connectivity index (χ2n) is 5.54. The Balaban J connectivity index is 2.54. The van der Waals surface area contributed by atoms with Crippen LogP contribution in [0.2, 0.25) is 32.2 Å². The third kappa shape index (κ3) is 2.58. The summed E-state index contributed by atoms with van der Waals surface area (Å²) in [5.41, 5.74) is 0. The highest BCUT2D eigenvalue weighted by Crippen LogP contribution is 2.34. The lowest BCUT2D eigenvalue weighted by Crippen LogP contribution is -2.61. The molecule has 0 aliphatic carbocycles. The molecule has 1 unspecified atom stereocenters. The van der Waals surface area contributed by atoms with Crippen LogP contribution in [0.25, 0.3) is 0 Å². The van der Waals surface area contributed by atoms with Crippen molar-refractivity contribution in [1.82, 2.24) is 0 Å². The molecule has 0 spiro atoms. The molecule has 0 radical (unpaired) electrons. The van der Waals surface area contributed by atoms with Crippen LogP contribution in [-0.4, -0.2) is 21.5 Å². The molecular weight excluding hydrogens is 204 g/mol. The SMILES string of the molecule is C=CCCC1CC[Si](C)(C)[Si](C)(C)O1. The molecule has 1 rings (SSSR count). The van der Waals surface area contributed by atoms with Gasteiger partial charge in [-0.05, 0) is 32.4 Å². The van der Waals surface area contributed by atoms with Crippen LogP contribution in [0.15, 0.2) is 12.7 Å². The standard InChI is InChI=1S/C11H24OSi2/c1-6-7-8-11-9-10-13(2,3)14(4,5)12-11/h6,11H,1,7-10H2,2-5H3. The van der Waals surface area contributed by atoms with Gasteiger partial charge in [0, 0.05) is 6.10 Å². The topological polar surface area (TPSA) is 9.23 Å². The van der Waals surface area contributed by atoms with Crippen LogP contribution in [0.1, 0.15) is 19.3 Å². The molecule has 0 saturated carbocycles. The molecule has 82 valence electrons. The Morgan fingerprint density at radius 1 is 1.36 bits per heavy atom. The summed E-state index contributed by atoms with van der Waals surface area (Å²) in [7, 11) is -2.33. The normalized spacial score (nSPS) is 29.9. The van der Waals surface area contributed by atoms with E-state index in [1.54, 1.807) is 0 Å². The molecule has 1 fully saturated rings. The second kappa shape index (κ2) is 4.33. The molecule has 0 bridgehead atoms. The highest BCUT2D eigenvalue weighted by atomic mass is 29.3. The highest BCUT2D eigenvalue weighted by Gasteiger charge is 2.47. The molecule has 0 amide bonds. The predicted octanol–water partition coefficient (Wildman–Crippen LogP) is 3.73. The molecule has 1 aliphatic heterocycles. The average Bonchev–Trinajstić information content (AvgIpc) is 2.07. The van der Waals surface area contributed by atoms with Crippen molar-refractivity contribution in [2.45, 2.75) is 57.6 Å². The van der Waals surface area contributed by atoms with E-state index in [0.717, 1.165) is 6.42 Å². The first-order valence-corrected chi connectivity index (χ1v) is 12.8. The minimum Gasteiger partial charge on any atom is -0.417 e. The molecule has 14 heavy (non-hydrogen) atoms. The van der Waals surface area contributed by atoms with Crippen LogP contribution >= 0.6 is 0 Å². The van der Waals surface area contributed by atoms with E-state index in [9.17, 15) is 0 Å². The molecular formula is C11H24OSi2. The molecule has 3 heteroatoms. The summed E-state index contributed by atoms with van der Waals surface area (Å²) in [5.74, 6) is 0. The number of allylic oxidation sites excluding steroid dienone is 1. The quantitative estimate of drug-likeness (QED) is 0.528. The van der Waals surface area contributed by atoms with Crippen molar-refractivity contribution >= 4 is 15.4 Å². The van der Waals surface area contributed by atoms with E-state index < -0.39 is 15.4 Å². The van der Waals surface area contributed by atoms with Crippen molar-refractivity contribution in [3.05, 3.63) is 12.7 Å². The summed E-state index contributed by atoms with van der Waals surface area (Å²) < 4.78 is 6.34. The maximum Gasteiger partial charge on any atom is 0.174 e. The highest BCUT2D eigenvalue weighted by molar-refractivity contribution is 7.38. The molecule has 1 saturated heterocycles. The molecule has 1 atom stereocenters. The van der Waals surface area contributed by atoms with Gasteiger partial charge in [-0.3, -0.25) is 0 Å². The zero-order chi connectivity index (χ0) is 10.8. The molecule has 0 aromatic rings. The zero-order valence-corrected chi connectivity index (χ0v) is 12.1. The number of hydrogen-bond acceptors (Lipinski definition) is 1. The van der Waals surface area contributed by atoms with Crippen molar-refractivity contribution in [2.75, 3.05) is 0 Å². The minimum atomic E-state index is -1.33. The van der Waals surface area contributed by atoms with Crippen LogP contribution in [0.5, 0.6) is 0 Å². The van der Waals surface area contributed by atoms with Crippen molar-refractivity contribution in [2.24, 2.45) is 0 Å². The molecule has 1 nitrogen and oxygen atoms in total. The summed E-state index contributed by atoms with van der Waals surface area (Å²) in [4.78, 5) is 0. The van der Waals surface area contributed by atoms with Gasteiger partial charge >= 0.3 is 0 Å². The maximum atomic E-state index is 6.34. The van der Waals surface area contributed by atoms with E-state index in [2.05, 4.69) is 32.8 Å². The fourth-order valence-corrected chi connectivity index (χ4v) is 8.70. The van der Waals surface area contributed by atoms with Gasteiger partial charge in [-0.2, -0.15) is 0 Å². The first kappa shape index (κ1) is 12.2. The van der Waals surface area contributed by atoms with E-state index in [1.165, 1.54) is 18.9 Å². The fraction of sp³-hybridized carbons (Fsp3) is 0.818. The fourth-order valence-electron chi connectivity index (χ4n) is 1.96. The summed E-state index contributed by atoms with van der Waals surface area (Å²) in [6, 6.07) is 1.47. The molecule has 0 N–H and O–H groups in total. The van der Waals surface area contributed by atoms with Crippen molar-refractivity contribution in [1.29, 1.82) is 0 Å². The van der Waals surface area contributed by atoms with Crippen LogP contribution in [0.3, 0.4) is 0 Å². The van der Waals surface area contributed by atoms with Gasteiger partial charge in [-0.15, -0.1) is 6.58 Å². The Morgan fingerprint density at radius 3 is 2.50 bits per heavy atom. The number of hydrogen-bond donors (Lipinski definition) is 0. The summed E-state index contributed by atoms with van der Waals surface area (Å²) in [6.07, 6.45) is 6.13. The lowest BCUT2D eigenvalue weighted by Gasteiger charge is -2.45. The van der Waals surface area contributed by atoms with E-state index in [-0.39, 0.29) is 0 Å². The van der Waals surface area contributed by atoms with Gasteiger partial charge in [-0.25, -0.2) is 0 Å². The van der Waals surface area contributed by atoms with Gasteiger partial charge in [0.05, 0.1) is 7.59 Å². The Hall–Kier alpha value is 0.134. The van der Waals surface area contributed by atoms with E-state index >= 15 is 0 Å². The van der Waals surface area contributed by atoms with Crippen molar-refractivity contribution in [3.8, 4) is 0 Å². The van der Waals surface area contributed by atoms with Gasteiger partial charge in [0.15, 0.2) is 7.83 Å². The van der Waals surface area contributed by atoms with Crippen molar-refractivity contribution < 1.29 is 4.43 Å². The predicted molar refractivity (Wildman–Crippen MR) is 68.7 cm³/mol. The molecule has 0 aromatic carbocycles. The minimum absolute atomic E-state index is 0.537. The molecule has 1 heterocycles.